The zero-order valence-corrected chi connectivity index (χ0v) is 6.94. The first-order valence-electron chi connectivity index (χ1n) is 2.96. The first-order chi connectivity index (χ1) is 3.81. The highest BCUT2D eigenvalue weighted by Crippen LogP contribution is 1.89. The van der Waals surface area contributed by atoms with Gasteiger partial charge in [-0.15, -0.1) is 0 Å². The van der Waals surface area contributed by atoms with Crippen molar-refractivity contribution in [2.24, 2.45) is 0 Å². The number of carbonyl (C=O) groups excluding carboxylic acids is 1. The lowest BCUT2D eigenvalue weighted by atomic mass is 10.3. The molecule has 2 nitrogen and oxygen atoms in total. The molecular weight excluding hydrogens is 132 g/mol. The van der Waals surface area contributed by atoms with E-state index in [1.807, 2.05) is 13.8 Å². The minimum absolute atomic E-state index is 0. The SMILES string of the molecule is CCCC(=O)OCC.[Si]. The van der Waals surface area contributed by atoms with Gasteiger partial charge in [-0.3, -0.25) is 4.79 Å². The van der Waals surface area contributed by atoms with E-state index in [4.69, 9.17) is 0 Å². The maximum absolute atomic E-state index is 10.4. The van der Waals surface area contributed by atoms with Crippen molar-refractivity contribution in [1.82, 2.24) is 0 Å². The molecule has 0 saturated heterocycles. The van der Waals surface area contributed by atoms with E-state index in [-0.39, 0.29) is 16.9 Å². The molecule has 0 aliphatic carbocycles. The maximum atomic E-state index is 10.4. The monoisotopic (exact) mass is 144 g/mol. The zero-order valence-electron chi connectivity index (χ0n) is 5.94. The second-order valence-corrected chi connectivity index (χ2v) is 1.56. The molecule has 0 atom stereocenters. The largest absolute Gasteiger partial charge is 0.466 e. The third-order valence-electron chi connectivity index (χ3n) is 0.759. The van der Waals surface area contributed by atoms with E-state index in [1.165, 1.54) is 0 Å². The zero-order chi connectivity index (χ0) is 6.41. The third-order valence-corrected chi connectivity index (χ3v) is 0.759. The molecule has 52 valence electrons. The molecule has 0 saturated carbocycles. The standard InChI is InChI=1S/C6H12O2.Si/c1-3-5-6(7)8-4-2;/h3-5H2,1-2H3;. The molecule has 0 aliphatic heterocycles. The van der Waals surface area contributed by atoms with Crippen LogP contribution in [0.3, 0.4) is 0 Å². The Bertz CT molecular complexity index is 65.5. The molecule has 0 unspecified atom stereocenters. The Morgan fingerprint density at radius 2 is 2.00 bits per heavy atom. The molecule has 0 aromatic rings. The number of hydrogen-bond donors (Lipinski definition) is 0. The Balaban J connectivity index is 0. The molecule has 0 bridgehead atoms. The Morgan fingerprint density at radius 1 is 1.44 bits per heavy atom. The molecule has 0 aliphatic rings. The van der Waals surface area contributed by atoms with Crippen molar-refractivity contribution in [2.45, 2.75) is 26.7 Å². The van der Waals surface area contributed by atoms with Crippen molar-refractivity contribution >= 4 is 16.9 Å². The van der Waals surface area contributed by atoms with E-state index in [2.05, 4.69) is 4.74 Å². The summed E-state index contributed by atoms with van der Waals surface area (Å²) in [4.78, 5) is 10.4. The van der Waals surface area contributed by atoms with Crippen LogP contribution >= 0.6 is 0 Å². The van der Waals surface area contributed by atoms with Gasteiger partial charge in [0.05, 0.1) is 6.61 Å². The number of carbonyl (C=O) groups is 1. The van der Waals surface area contributed by atoms with Gasteiger partial charge in [-0.25, -0.2) is 0 Å². The third kappa shape index (κ3) is 7.69. The molecular formula is C6H12O2Si. The van der Waals surface area contributed by atoms with Crippen LogP contribution in [0.5, 0.6) is 0 Å². The fourth-order valence-corrected chi connectivity index (χ4v) is 0.437. The molecule has 0 aromatic heterocycles. The number of esters is 1. The van der Waals surface area contributed by atoms with E-state index in [0.717, 1.165) is 6.42 Å². The summed E-state index contributed by atoms with van der Waals surface area (Å²) in [5.74, 6) is -0.0880. The molecule has 0 aromatic carbocycles. The molecule has 0 spiro atoms. The summed E-state index contributed by atoms with van der Waals surface area (Å²) in [5, 5.41) is 0. The fraction of sp³-hybridized carbons (Fsp3) is 0.833. The summed E-state index contributed by atoms with van der Waals surface area (Å²) in [5.41, 5.74) is 0. The van der Waals surface area contributed by atoms with E-state index >= 15 is 0 Å². The average Bonchev–Trinajstić information content (AvgIpc) is 1.68. The fourth-order valence-electron chi connectivity index (χ4n) is 0.437. The van der Waals surface area contributed by atoms with Crippen molar-refractivity contribution in [2.75, 3.05) is 6.61 Å². The molecule has 9 heavy (non-hydrogen) atoms. The van der Waals surface area contributed by atoms with E-state index in [1.54, 1.807) is 0 Å². The second kappa shape index (κ2) is 7.69. The highest BCUT2D eigenvalue weighted by atomic mass is 28.1. The second-order valence-electron chi connectivity index (χ2n) is 1.56. The van der Waals surface area contributed by atoms with Gasteiger partial charge >= 0.3 is 5.97 Å². The molecule has 0 rings (SSSR count). The summed E-state index contributed by atoms with van der Waals surface area (Å²) in [6, 6.07) is 0. The van der Waals surface area contributed by atoms with Gasteiger partial charge in [-0.05, 0) is 13.3 Å². The minimum Gasteiger partial charge on any atom is -0.466 e. The molecule has 4 radical (unpaired) electrons. The minimum atomic E-state index is -0.0880. The quantitative estimate of drug-likeness (QED) is 0.436. The molecule has 0 amide bonds. The van der Waals surface area contributed by atoms with Crippen molar-refractivity contribution in [3.63, 3.8) is 0 Å². The number of rotatable bonds is 3. The van der Waals surface area contributed by atoms with E-state index in [9.17, 15) is 4.79 Å². The van der Waals surface area contributed by atoms with Gasteiger partial charge in [-0.2, -0.15) is 0 Å². The van der Waals surface area contributed by atoms with Gasteiger partial charge in [0.2, 0.25) is 0 Å². The Hall–Kier alpha value is -0.313. The lowest BCUT2D eigenvalue weighted by molar-refractivity contribution is -0.143. The van der Waals surface area contributed by atoms with Gasteiger partial charge in [-0.1, -0.05) is 6.92 Å². The normalized spacial score (nSPS) is 7.78. The van der Waals surface area contributed by atoms with E-state index in [0.29, 0.717) is 13.0 Å². The van der Waals surface area contributed by atoms with Gasteiger partial charge in [0.15, 0.2) is 0 Å². The van der Waals surface area contributed by atoms with Crippen molar-refractivity contribution < 1.29 is 9.53 Å². The number of hydrogen-bond acceptors (Lipinski definition) is 2. The topological polar surface area (TPSA) is 26.3 Å². The van der Waals surface area contributed by atoms with Crippen LogP contribution in [0.4, 0.5) is 0 Å². The Labute approximate surface area is 60.6 Å². The molecule has 0 fully saturated rings. The lowest BCUT2D eigenvalue weighted by Gasteiger charge is -1.96. The molecule has 0 N–H and O–H groups in total. The van der Waals surface area contributed by atoms with E-state index < -0.39 is 0 Å². The van der Waals surface area contributed by atoms with Crippen LogP contribution in [0.2, 0.25) is 0 Å². The Morgan fingerprint density at radius 3 is 2.33 bits per heavy atom. The predicted molar refractivity (Wildman–Crippen MR) is 37.3 cm³/mol. The predicted octanol–water partition coefficient (Wildman–Crippen LogP) is 0.969. The summed E-state index contributed by atoms with van der Waals surface area (Å²) in [6.45, 7) is 4.27. The van der Waals surface area contributed by atoms with Crippen molar-refractivity contribution in [3.8, 4) is 0 Å². The summed E-state index contributed by atoms with van der Waals surface area (Å²) >= 11 is 0. The van der Waals surface area contributed by atoms with Crippen LogP contribution in [0.25, 0.3) is 0 Å². The average molecular weight is 144 g/mol. The van der Waals surface area contributed by atoms with Crippen LogP contribution in [0.1, 0.15) is 26.7 Å². The highest BCUT2D eigenvalue weighted by molar-refractivity contribution is 5.75. The number of ether oxygens (including phenoxy) is 1. The smallest absolute Gasteiger partial charge is 0.305 e. The first-order valence-corrected chi connectivity index (χ1v) is 2.96. The Kier molecular flexibility index (Phi) is 9.80. The molecule has 0 heterocycles. The molecule has 3 heteroatoms. The van der Waals surface area contributed by atoms with Gasteiger partial charge in [0.1, 0.15) is 0 Å². The van der Waals surface area contributed by atoms with Crippen molar-refractivity contribution in [3.05, 3.63) is 0 Å². The van der Waals surface area contributed by atoms with Crippen molar-refractivity contribution in [1.29, 1.82) is 0 Å². The highest BCUT2D eigenvalue weighted by Gasteiger charge is 1.95. The lowest BCUT2D eigenvalue weighted by Crippen LogP contribution is -2.01. The van der Waals surface area contributed by atoms with Crippen LogP contribution in [-0.4, -0.2) is 23.5 Å². The summed E-state index contributed by atoms with van der Waals surface area (Å²) in [6.07, 6.45) is 1.42. The van der Waals surface area contributed by atoms with Gasteiger partial charge in [0.25, 0.3) is 0 Å². The van der Waals surface area contributed by atoms with Crippen LogP contribution in [0.15, 0.2) is 0 Å². The van der Waals surface area contributed by atoms with Gasteiger partial charge in [0, 0.05) is 17.4 Å². The van der Waals surface area contributed by atoms with Crippen LogP contribution in [-0.2, 0) is 9.53 Å². The van der Waals surface area contributed by atoms with Crippen LogP contribution in [0, 0.1) is 0 Å². The van der Waals surface area contributed by atoms with Gasteiger partial charge < -0.3 is 4.74 Å². The van der Waals surface area contributed by atoms with Crippen LogP contribution < -0.4 is 0 Å². The summed E-state index contributed by atoms with van der Waals surface area (Å²) < 4.78 is 4.64. The summed E-state index contributed by atoms with van der Waals surface area (Å²) in [7, 11) is 0. The first kappa shape index (κ1) is 11.5. The maximum Gasteiger partial charge on any atom is 0.305 e.